The van der Waals surface area contributed by atoms with Crippen molar-refractivity contribution in [2.24, 2.45) is 5.10 Å². The molecule has 1 heterocycles. The van der Waals surface area contributed by atoms with Crippen LogP contribution in [0.4, 0.5) is 0 Å². The molecule has 0 saturated carbocycles. The second-order valence-corrected chi connectivity index (χ2v) is 9.01. The van der Waals surface area contributed by atoms with Gasteiger partial charge in [-0.2, -0.15) is 5.10 Å². The lowest BCUT2D eigenvalue weighted by Crippen LogP contribution is -2.18. The normalized spacial score (nSPS) is 11.5. The van der Waals surface area contributed by atoms with Crippen LogP contribution in [0.15, 0.2) is 114 Å². The van der Waals surface area contributed by atoms with E-state index in [2.05, 4.69) is 75.9 Å². The second kappa shape index (κ2) is 9.63. The Bertz CT molecular complexity index is 1800. The van der Waals surface area contributed by atoms with Crippen molar-refractivity contribution in [3.63, 3.8) is 0 Å². The van der Waals surface area contributed by atoms with Crippen LogP contribution in [0.25, 0.3) is 32.4 Å². The van der Waals surface area contributed by atoms with Crippen LogP contribution in [0, 0.1) is 0 Å². The molecule has 0 atom stereocenters. The molecule has 5 nitrogen and oxygen atoms in total. The Labute approximate surface area is 214 Å². The van der Waals surface area contributed by atoms with Gasteiger partial charge in [-0.1, -0.05) is 78.9 Å². The molecular weight excluding hydrogens is 458 g/mol. The average molecular weight is 484 g/mol. The highest BCUT2D eigenvalue weighted by molar-refractivity contribution is 6.03. The summed E-state index contributed by atoms with van der Waals surface area (Å²) in [4.78, 5) is 13.0. The predicted octanol–water partition coefficient (Wildman–Crippen LogP) is 6.77. The van der Waals surface area contributed by atoms with Crippen LogP contribution in [0.3, 0.4) is 0 Å². The number of aromatic nitrogens is 1. The van der Waals surface area contributed by atoms with E-state index in [-0.39, 0.29) is 5.91 Å². The first-order valence-corrected chi connectivity index (χ1v) is 12.2. The zero-order chi connectivity index (χ0) is 25.2. The van der Waals surface area contributed by atoms with E-state index in [1.54, 1.807) is 13.3 Å². The number of hydrazone groups is 1. The summed E-state index contributed by atoms with van der Waals surface area (Å²) in [5, 5.41) is 9.80. The van der Waals surface area contributed by atoms with Crippen molar-refractivity contribution in [2.75, 3.05) is 7.11 Å². The number of benzene rings is 5. The fourth-order valence-electron chi connectivity index (χ4n) is 4.83. The SMILES string of the molecule is COc1cc2ccccc2cc1C(=O)NN=Cc1cn(Cc2ccc3ccccc3c2)c2ccccc12. The largest absolute Gasteiger partial charge is 0.496 e. The van der Waals surface area contributed by atoms with Crippen molar-refractivity contribution in [3.8, 4) is 5.75 Å². The number of para-hydroxylation sites is 1. The summed E-state index contributed by atoms with van der Waals surface area (Å²) in [6, 6.07) is 34.7. The maximum absolute atomic E-state index is 13.0. The molecule has 0 aliphatic rings. The quantitative estimate of drug-likeness (QED) is 0.210. The van der Waals surface area contributed by atoms with Crippen LogP contribution < -0.4 is 10.2 Å². The lowest BCUT2D eigenvalue weighted by Gasteiger charge is -2.09. The zero-order valence-corrected chi connectivity index (χ0v) is 20.4. The van der Waals surface area contributed by atoms with Gasteiger partial charge in [0.15, 0.2) is 0 Å². The van der Waals surface area contributed by atoms with Crippen molar-refractivity contribution in [2.45, 2.75) is 6.54 Å². The first-order chi connectivity index (χ1) is 18.2. The highest BCUT2D eigenvalue weighted by atomic mass is 16.5. The topological polar surface area (TPSA) is 55.6 Å². The summed E-state index contributed by atoms with van der Waals surface area (Å²) in [5.74, 6) is 0.192. The minimum absolute atomic E-state index is 0.321. The van der Waals surface area contributed by atoms with Crippen LogP contribution in [0.5, 0.6) is 5.75 Å². The highest BCUT2D eigenvalue weighted by Crippen LogP contribution is 2.26. The van der Waals surface area contributed by atoms with Gasteiger partial charge in [0.1, 0.15) is 5.75 Å². The summed E-state index contributed by atoms with van der Waals surface area (Å²) in [6.07, 6.45) is 3.77. The number of nitrogens with one attached hydrogen (secondary N) is 1. The molecule has 1 aromatic heterocycles. The molecule has 6 rings (SSSR count). The lowest BCUT2D eigenvalue weighted by atomic mass is 10.1. The molecule has 0 saturated heterocycles. The second-order valence-electron chi connectivity index (χ2n) is 9.01. The molecule has 1 amide bonds. The van der Waals surface area contributed by atoms with Crippen molar-refractivity contribution in [1.29, 1.82) is 0 Å². The van der Waals surface area contributed by atoms with E-state index in [4.69, 9.17) is 4.74 Å². The van der Waals surface area contributed by atoms with Crippen molar-refractivity contribution >= 4 is 44.6 Å². The minimum atomic E-state index is -0.321. The van der Waals surface area contributed by atoms with E-state index >= 15 is 0 Å². The molecule has 0 aliphatic heterocycles. The number of amides is 1. The van der Waals surface area contributed by atoms with E-state index in [0.717, 1.165) is 33.8 Å². The minimum Gasteiger partial charge on any atom is -0.496 e. The van der Waals surface area contributed by atoms with Gasteiger partial charge in [0.05, 0.1) is 18.9 Å². The Balaban J connectivity index is 1.27. The van der Waals surface area contributed by atoms with E-state index in [1.807, 2.05) is 48.5 Å². The van der Waals surface area contributed by atoms with E-state index in [1.165, 1.54) is 16.3 Å². The fraction of sp³-hybridized carbons (Fsp3) is 0.0625. The molecule has 0 fully saturated rings. The molecule has 37 heavy (non-hydrogen) atoms. The van der Waals surface area contributed by atoms with Crippen LogP contribution in [0.1, 0.15) is 21.5 Å². The summed E-state index contributed by atoms with van der Waals surface area (Å²) in [6.45, 7) is 0.736. The Morgan fingerprint density at radius 2 is 1.51 bits per heavy atom. The number of nitrogens with zero attached hydrogens (tertiary/aromatic N) is 2. The van der Waals surface area contributed by atoms with E-state index < -0.39 is 0 Å². The number of rotatable bonds is 6. The fourth-order valence-corrected chi connectivity index (χ4v) is 4.83. The number of ether oxygens (including phenoxy) is 1. The van der Waals surface area contributed by atoms with Crippen LogP contribution in [-0.2, 0) is 6.54 Å². The predicted molar refractivity (Wildman–Crippen MR) is 151 cm³/mol. The Morgan fingerprint density at radius 3 is 2.30 bits per heavy atom. The molecule has 0 spiro atoms. The molecular formula is C32H25N3O2. The van der Waals surface area contributed by atoms with Gasteiger partial charge in [-0.05, 0) is 51.4 Å². The Kier molecular flexibility index (Phi) is 5.87. The molecule has 6 aromatic rings. The number of methoxy groups -OCH3 is 1. The van der Waals surface area contributed by atoms with Gasteiger partial charge in [-0.3, -0.25) is 4.79 Å². The smallest absolute Gasteiger partial charge is 0.275 e. The summed E-state index contributed by atoms with van der Waals surface area (Å²) in [7, 11) is 1.56. The Hall–Kier alpha value is -4.90. The zero-order valence-electron chi connectivity index (χ0n) is 20.4. The van der Waals surface area contributed by atoms with Crippen molar-refractivity contribution < 1.29 is 9.53 Å². The maximum Gasteiger partial charge on any atom is 0.275 e. The molecule has 1 N–H and O–H groups in total. The lowest BCUT2D eigenvalue weighted by molar-refractivity contribution is 0.0952. The monoisotopic (exact) mass is 483 g/mol. The number of carbonyl (C=O) groups excluding carboxylic acids is 1. The van der Waals surface area contributed by atoms with Gasteiger partial charge in [0.2, 0.25) is 0 Å². The summed E-state index contributed by atoms with van der Waals surface area (Å²) >= 11 is 0. The molecule has 180 valence electrons. The van der Waals surface area contributed by atoms with Gasteiger partial charge in [-0.15, -0.1) is 0 Å². The van der Waals surface area contributed by atoms with Crippen molar-refractivity contribution in [1.82, 2.24) is 9.99 Å². The summed E-state index contributed by atoms with van der Waals surface area (Å²) in [5.41, 5.74) is 6.38. The number of fused-ring (bicyclic) bond motifs is 3. The van der Waals surface area contributed by atoms with Crippen LogP contribution >= 0.6 is 0 Å². The van der Waals surface area contributed by atoms with Crippen LogP contribution in [0.2, 0.25) is 0 Å². The first kappa shape index (κ1) is 22.6. The number of carbonyl (C=O) groups is 1. The summed E-state index contributed by atoms with van der Waals surface area (Å²) < 4.78 is 7.68. The van der Waals surface area contributed by atoms with Gasteiger partial charge in [0, 0.05) is 29.2 Å². The number of hydrogen-bond acceptors (Lipinski definition) is 3. The molecule has 5 aromatic carbocycles. The standard InChI is InChI=1S/C32H25N3O2/c1-37-31-18-26-11-5-4-10-25(26)17-29(31)32(36)34-33-19-27-21-35(30-13-7-6-12-28(27)30)20-22-14-15-23-8-2-3-9-24(23)16-22/h2-19,21H,20H2,1H3,(H,34,36). The molecule has 5 heteroatoms. The molecule has 0 unspecified atom stereocenters. The van der Waals surface area contributed by atoms with Gasteiger partial charge >= 0.3 is 0 Å². The van der Waals surface area contributed by atoms with Gasteiger partial charge in [0.25, 0.3) is 5.91 Å². The van der Waals surface area contributed by atoms with Gasteiger partial charge < -0.3 is 9.30 Å². The van der Waals surface area contributed by atoms with E-state index in [9.17, 15) is 4.79 Å². The molecule has 0 radical (unpaired) electrons. The van der Waals surface area contributed by atoms with Gasteiger partial charge in [-0.25, -0.2) is 5.43 Å². The van der Waals surface area contributed by atoms with E-state index in [0.29, 0.717) is 11.3 Å². The Morgan fingerprint density at radius 1 is 0.838 bits per heavy atom. The number of hydrogen-bond donors (Lipinski definition) is 1. The third-order valence-corrected chi connectivity index (χ3v) is 6.67. The molecule has 0 bridgehead atoms. The van der Waals surface area contributed by atoms with Crippen LogP contribution in [-0.4, -0.2) is 23.8 Å². The average Bonchev–Trinajstić information content (AvgIpc) is 3.29. The third kappa shape index (κ3) is 4.43. The third-order valence-electron chi connectivity index (χ3n) is 6.67. The first-order valence-electron chi connectivity index (χ1n) is 12.2. The molecule has 0 aliphatic carbocycles. The highest BCUT2D eigenvalue weighted by Gasteiger charge is 2.13. The van der Waals surface area contributed by atoms with Crippen molar-refractivity contribution in [3.05, 3.63) is 126 Å². The maximum atomic E-state index is 13.0.